The summed E-state index contributed by atoms with van der Waals surface area (Å²) in [6, 6.07) is 5.08. The van der Waals surface area contributed by atoms with Crippen molar-refractivity contribution in [2.24, 2.45) is 0 Å². The number of carboxylic acids is 1. The number of carboxylic acid groups (broad SMARTS) is 1. The standard InChI is InChI=1S/C10H8F2O4/c11-8(12)5-16-10(15)7-4-2-1-3-6(7)9(13)14/h1-4,8H,5H2,(H,13,14)/p-1. The highest BCUT2D eigenvalue weighted by Gasteiger charge is 2.14. The first-order valence-electron chi connectivity index (χ1n) is 4.28. The monoisotopic (exact) mass is 229 g/mol. The molecule has 0 N–H and O–H groups in total. The Morgan fingerprint density at radius 2 is 1.81 bits per heavy atom. The van der Waals surface area contributed by atoms with Crippen LogP contribution in [0.4, 0.5) is 8.78 Å². The van der Waals surface area contributed by atoms with E-state index in [1.165, 1.54) is 18.2 Å². The third-order valence-corrected chi connectivity index (χ3v) is 1.71. The Morgan fingerprint density at radius 1 is 1.25 bits per heavy atom. The Hall–Kier alpha value is -1.98. The van der Waals surface area contributed by atoms with Crippen LogP contribution in [-0.2, 0) is 4.74 Å². The number of esters is 1. The van der Waals surface area contributed by atoms with Crippen LogP contribution in [0.15, 0.2) is 24.3 Å². The van der Waals surface area contributed by atoms with Crippen molar-refractivity contribution in [3.63, 3.8) is 0 Å². The molecular weight excluding hydrogens is 222 g/mol. The minimum absolute atomic E-state index is 0.303. The first-order valence-corrected chi connectivity index (χ1v) is 4.28. The largest absolute Gasteiger partial charge is 0.545 e. The van der Waals surface area contributed by atoms with Gasteiger partial charge < -0.3 is 14.6 Å². The number of halogens is 2. The van der Waals surface area contributed by atoms with Gasteiger partial charge in [-0.15, -0.1) is 0 Å². The Morgan fingerprint density at radius 3 is 2.31 bits per heavy atom. The molecule has 0 fully saturated rings. The predicted molar refractivity (Wildman–Crippen MR) is 47.1 cm³/mol. The molecule has 6 heteroatoms. The zero-order chi connectivity index (χ0) is 12.1. The molecule has 0 spiro atoms. The SMILES string of the molecule is O=C([O-])c1ccccc1C(=O)OCC(F)F. The summed E-state index contributed by atoms with van der Waals surface area (Å²) in [4.78, 5) is 21.8. The highest BCUT2D eigenvalue weighted by atomic mass is 19.3. The van der Waals surface area contributed by atoms with Crippen LogP contribution in [0.5, 0.6) is 0 Å². The van der Waals surface area contributed by atoms with Crippen molar-refractivity contribution in [3.05, 3.63) is 35.4 Å². The summed E-state index contributed by atoms with van der Waals surface area (Å²) in [5, 5.41) is 10.6. The summed E-state index contributed by atoms with van der Waals surface area (Å²) in [7, 11) is 0. The number of ether oxygens (including phenoxy) is 1. The summed E-state index contributed by atoms with van der Waals surface area (Å²) in [6.45, 7) is -1.07. The van der Waals surface area contributed by atoms with E-state index in [0.29, 0.717) is 0 Å². The second kappa shape index (κ2) is 5.20. The number of benzene rings is 1. The molecule has 0 aliphatic rings. The van der Waals surface area contributed by atoms with Gasteiger partial charge in [-0.05, 0) is 6.07 Å². The van der Waals surface area contributed by atoms with Gasteiger partial charge in [-0.2, -0.15) is 0 Å². The molecule has 0 radical (unpaired) electrons. The highest BCUT2D eigenvalue weighted by molar-refractivity contribution is 6.01. The van der Waals surface area contributed by atoms with Crippen LogP contribution in [0.2, 0.25) is 0 Å². The lowest BCUT2D eigenvalue weighted by Gasteiger charge is -2.09. The van der Waals surface area contributed by atoms with Crippen molar-refractivity contribution in [2.45, 2.75) is 6.43 Å². The first kappa shape index (κ1) is 12.1. The Kier molecular flexibility index (Phi) is 3.93. The molecule has 0 bridgehead atoms. The third-order valence-electron chi connectivity index (χ3n) is 1.71. The second-order valence-electron chi connectivity index (χ2n) is 2.82. The molecule has 0 saturated carbocycles. The molecule has 0 aromatic heterocycles. The van der Waals surface area contributed by atoms with Crippen LogP contribution in [-0.4, -0.2) is 25.0 Å². The van der Waals surface area contributed by atoms with Crippen LogP contribution >= 0.6 is 0 Å². The van der Waals surface area contributed by atoms with Gasteiger partial charge in [-0.3, -0.25) is 0 Å². The summed E-state index contributed by atoms with van der Waals surface area (Å²) in [5.74, 6) is -2.68. The Labute approximate surface area is 89.5 Å². The number of carbonyl (C=O) groups is 2. The van der Waals surface area contributed by atoms with Gasteiger partial charge >= 0.3 is 5.97 Å². The molecule has 0 aliphatic carbocycles. The lowest BCUT2D eigenvalue weighted by molar-refractivity contribution is -0.255. The minimum atomic E-state index is -2.79. The normalized spacial score (nSPS) is 10.2. The molecule has 4 nitrogen and oxygen atoms in total. The summed E-state index contributed by atoms with van der Waals surface area (Å²) < 4.78 is 27.7. The Balaban J connectivity index is 2.86. The topological polar surface area (TPSA) is 66.4 Å². The summed E-state index contributed by atoms with van der Waals surface area (Å²) in [5.41, 5.74) is -0.690. The molecule has 1 aromatic carbocycles. The summed E-state index contributed by atoms with van der Waals surface area (Å²) >= 11 is 0. The number of carbonyl (C=O) groups excluding carboxylic acids is 2. The third kappa shape index (κ3) is 3.01. The van der Waals surface area contributed by atoms with E-state index in [4.69, 9.17) is 0 Å². The highest BCUT2D eigenvalue weighted by Crippen LogP contribution is 2.10. The molecular formula is C10H7F2O4-. The van der Waals surface area contributed by atoms with Crippen LogP contribution in [0.25, 0.3) is 0 Å². The van der Waals surface area contributed by atoms with Gasteiger partial charge in [0, 0.05) is 5.56 Å². The molecule has 0 amide bonds. The van der Waals surface area contributed by atoms with Gasteiger partial charge in [0.15, 0.2) is 6.61 Å². The van der Waals surface area contributed by atoms with Crippen LogP contribution < -0.4 is 5.11 Å². The number of hydrogen-bond acceptors (Lipinski definition) is 4. The van der Waals surface area contributed by atoms with Crippen molar-refractivity contribution in [1.29, 1.82) is 0 Å². The van der Waals surface area contributed by atoms with Gasteiger partial charge in [0.05, 0.1) is 11.5 Å². The lowest BCUT2D eigenvalue weighted by Crippen LogP contribution is -2.25. The maximum absolute atomic E-state index is 11.8. The molecule has 0 unspecified atom stereocenters. The lowest BCUT2D eigenvalue weighted by atomic mass is 10.1. The fourth-order valence-corrected chi connectivity index (χ4v) is 1.06. The average Bonchev–Trinajstić information content (AvgIpc) is 2.25. The van der Waals surface area contributed by atoms with Gasteiger partial charge in [0.25, 0.3) is 6.43 Å². The number of alkyl halides is 2. The van der Waals surface area contributed by atoms with E-state index in [0.717, 1.165) is 6.07 Å². The fourth-order valence-electron chi connectivity index (χ4n) is 1.06. The van der Waals surface area contributed by atoms with Gasteiger partial charge in [-0.1, -0.05) is 18.2 Å². The van der Waals surface area contributed by atoms with E-state index in [1.54, 1.807) is 0 Å². The maximum Gasteiger partial charge on any atom is 0.339 e. The van der Waals surface area contributed by atoms with E-state index < -0.39 is 25.0 Å². The van der Waals surface area contributed by atoms with E-state index in [9.17, 15) is 23.5 Å². The molecule has 1 aromatic rings. The molecule has 0 heterocycles. The molecule has 0 saturated heterocycles. The van der Waals surface area contributed by atoms with Crippen LogP contribution in [0, 0.1) is 0 Å². The molecule has 16 heavy (non-hydrogen) atoms. The van der Waals surface area contributed by atoms with Gasteiger partial charge in [0.2, 0.25) is 0 Å². The molecule has 1 rings (SSSR count). The van der Waals surface area contributed by atoms with Crippen molar-refractivity contribution in [2.75, 3.05) is 6.61 Å². The summed E-state index contributed by atoms with van der Waals surface area (Å²) in [6.07, 6.45) is -2.79. The number of aromatic carboxylic acids is 1. The van der Waals surface area contributed by atoms with Crippen molar-refractivity contribution in [1.82, 2.24) is 0 Å². The predicted octanol–water partition coefficient (Wildman–Crippen LogP) is 0.472. The van der Waals surface area contributed by atoms with E-state index >= 15 is 0 Å². The zero-order valence-corrected chi connectivity index (χ0v) is 7.98. The minimum Gasteiger partial charge on any atom is -0.545 e. The number of hydrogen-bond donors (Lipinski definition) is 0. The van der Waals surface area contributed by atoms with Gasteiger partial charge in [0.1, 0.15) is 0 Å². The van der Waals surface area contributed by atoms with E-state index in [2.05, 4.69) is 4.74 Å². The van der Waals surface area contributed by atoms with Crippen molar-refractivity contribution in [3.8, 4) is 0 Å². The van der Waals surface area contributed by atoms with Crippen molar-refractivity contribution >= 4 is 11.9 Å². The second-order valence-corrected chi connectivity index (χ2v) is 2.82. The van der Waals surface area contributed by atoms with Crippen LogP contribution in [0.3, 0.4) is 0 Å². The molecule has 0 atom stereocenters. The average molecular weight is 229 g/mol. The fraction of sp³-hybridized carbons (Fsp3) is 0.200. The van der Waals surface area contributed by atoms with Gasteiger partial charge in [-0.25, -0.2) is 13.6 Å². The van der Waals surface area contributed by atoms with Crippen molar-refractivity contribution < 1.29 is 28.2 Å². The number of rotatable bonds is 4. The quantitative estimate of drug-likeness (QED) is 0.704. The smallest absolute Gasteiger partial charge is 0.339 e. The molecule has 0 aliphatic heterocycles. The maximum atomic E-state index is 11.8. The van der Waals surface area contributed by atoms with Crippen LogP contribution in [0.1, 0.15) is 20.7 Å². The Bertz CT molecular complexity index is 404. The van der Waals surface area contributed by atoms with E-state index in [-0.39, 0.29) is 11.1 Å². The van der Waals surface area contributed by atoms with E-state index in [1.807, 2.05) is 0 Å². The molecule has 86 valence electrons. The first-order chi connectivity index (χ1) is 7.52. The zero-order valence-electron chi connectivity index (χ0n) is 7.98.